The Morgan fingerprint density at radius 1 is 1.56 bits per heavy atom. The maximum Gasteiger partial charge on any atom is 0.328 e. The van der Waals surface area contributed by atoms with Gasteiger partial charge >= 0.3 is 6.03 Å². The van der Waals surface area contributed by atoms with Crippen LogP contribution in [0.2, 0.25) is 0 Å². The molecule has 16 heavy (non-hydrogen) atoms. The summed E-state index contributed by atoms with van der Waals surface area (Å²) in [4.78, 5) is 23.1. The zero-order valence-electron chi connectivity index (χ0n) is 9.27. The zero-order chi connectivity index (χ0) is 12.0. The molecular formula is C11H14N2O3. The molecule has 3 amide bonds. The summed E-state index contributed by atoms with van der Waals surface area (Å²) in [5.74, 6) is 0.621. The van der Waals surface area contributed by atoms with E-state index in [1.807, 2.05) is 6.92 Å². The van der Waals surface area contributed by atoms with Gasteiger partial charge in [0.25, 0.3) is 0 Å². The Morgan fingerprint density at radius 2 is 2.31 bits per heavy atom. The number of hydrogen-bond acceptors (Lipinski definition) is 3. The first-order valence-corrected chi connectivity index (χ1v) is 4.92. The molecule has 0 unspecified atom stereocenters. The minimum atomic E-state index is -0.483. The molecule has 0 spiro atoms. The molecule has 0 aromatic heterocycles. The number of rotatable bonds is 4. The van der Waals surface area contributed by atoms with Gasteiger partial charge in [-0.15, -0.1) is 0 Å². The molecule has 5 heteroatoms. The van der Waals surface area contributed by atoms with E-state index in [0.717, 1.165) is 4.90 Å². The van der Waals surface area contributed by atoms with E-state index in [9.17, 15) is 9.59 Å². The van der Waals surface area contributed by atoms with Crippen molar-refractivity contribution in [2.75, 3.05) is 18.6 Å². The molecule has 5 nitrogen and oxygen atoms in total. The lowest BCUT2D eigenvalue weighted by atomic mass is 10.3. The van der Waals surface area contributed by atoms with E-state index in [2.05, 4.69) is 5.32 Å². The summed E-state index contributed by atoms with van der Waals surface area (Å²) in [6.07, 6.45) is 0.462. The second kappa shape index (κ2) is 5.75. The Bertz CT molecular complexity index is 379. The summed E-state index contributed by atoms with van der Waals surface area (Å²) in [7, 11) is 1.46. The molecule has 0 aliphatic rings. The Labute approximate surface area is 94.0 Å². The standard InChI is InChI=1S/C11H14N2O3/c1-3-16-10-6-4-5-9(7-10)13(8-14)11(15)12-2/h4-8H,3H2,1-2H3,(H,12,15). The van der Waals surface area contributed by atoms with Crippen LogP contribution in [0, 0.1) is 0 Å². The smallest absolute Gasteiger partial charge is 0.328 e. The zero-order valence-corrected chi connectivity index (χ0v) is 9.27. The number of anilines is 1. The quantitative estimate of drug-likeness (QED) is 0.783. The summed E-state index contributed by atoms with van der Waals surface area (Å²) in [6, 6.07) is 6.29. The molecule has 1 aromatic rings. The third-order valence-corrected chi connectivity index (χ3v) is 1.94. The minimum Gasteiger partial charge on any atom is -0.494 e. The van der Waals surface area contributed by atoms with Gasteiger partial charge in [0.15, 0.2) is 0 Å². The second-order valence-corrected chi connectivity index (χ2v) is 2.96. The average Bonchev–Trinajstić information content (AvgIpc) is 2.31. The number of amides is 3. The van der Waals surface area contributed by atoms with Crippen LogP contribution in [-0.2, 0) is 4.79 Å². The van der Waals surface area contributed by atoms with Gasteiger partial charge in [-0.25, -0.2) is 9.69 Å². The summed E-state index contributed by atoms with van der Waals surface area (Å²) in [6.45, 7) is 2.40. The average molecular weight is 222 g/mol. The van der Waals surface area contributed by atoms with Crippen molar-refractivity contribution in [3.05, 3.63) is 24.3 Å². The van der Waals surface area contributed by atoms with Gasteiger partial charge in [-0.3, -0.25) is 4.79 Å². The fraction of sp³-hybridized carbons (Fsp3) is 0.273. The maximum absolute atomic E-state index is 11.4. The summed E-state index contributed by atoms with van der Waals surface area (Å²) in [5.41, 5.74) is 0.473. The van der Waals surface area contributed by atoms with Crippen LogP contribution < -0.4 is 15.0 Å². The molecule has 0 bridgehead atoms. The van der Waals surface area contributed by atoms with Gasteiger partial charge < -0.3 is 10.1 Å². The van der Waals surface area contributed by atoms with Gasteiger partial charge in [0.1, 0.15) is 5.75 Å². The second-order valence-electron chi connectivity index (χ2n) is 2.96. The Morgan fingerprint density at radius 3 is 2.88 bits per heavy atom. The molecule has 86 valence electrons. The molecule has 0 atom stereocenters. The van der Waals surface area contributed by atoms with E-state index in [1.54, 1.807) is 24.3 Å². The first kappa shape index (κ1) is 12.0. The number of hydrogen-bond donors (Lipinski definition) is 1. The van der Waals surface area contributed by atoms with Crippen LogP contribution in [0.3, 0.4) is 0 Å². The number of imide groups is 1. The van der Waals surface area contributed by atoms with Gasteiger partial charge in [-0.1, -0.05) is 6.07 Å². The van der Waals surface area contributed by atoms with Gasteiger partial charge in [0, 0.05) is 13.1 Å². The highest BCUT2D eigenvalue weighted by atomic mass is 16.5. The van der Waals surface area contributed by atoms with Gasteiger partial charge in [-0.2, -0.15) is 0 Å². The van der Waals surface area contributed by atoms with E-state index in [1.165, 1.54) is 7.05 Å². The normalized spacial score (nSPS) is 9.38. The van der Waals surface area contributed by atoms with E-state index >= 15 is 0 Å². The number of benzene rings is 1. The molecule has 0 aliphatic heterocycles. The summed E-state index contributed by atoms with van der Waals surface area (Å²) in [5, 5.41) is 2.38. The molecule has 1 rings (SSSR count). The number of urea groups is 1. The van der Waals surface area contributed by atoms with E-state index < -0.39 is 6.03 Å². The van der Waals surface area contributed by atoms with Crippen LogP contribution in [0.5, 0.6) is 5.75 Å². The maximum atomic E-state index is 11.4. The SMILES string of the molecule is CCOc1cccc(N(C=O)C(=O)NC)c1. The van der Waals surface area contributed by atoms with E-state index in [-0.39, 0.29) is 0 Å². The number of carbonyl (C=O) groups is 2. The predicted molar refractivity (Wildman–Crippen MR) is 60.6 cm³/mol. The molecule has 1 N–H and O–H groups in total. The Hall–Kier alpha value is -2.04. The lowest BCUT2D eigenvalue weighted by molar-refractivity contribution is -0.106. The van der Waals surface area contributed by atoms with Crippen LogP contribution in [0.25, 0.3) is 0 Å². The molecule has 0 saturated carbocycles. The highest BCUT2D eigenvalue weighted by Gasteiger charge is 2.13. The van der Waals surface area contributed by atoms with Crippen LogP contribution in [-0.4, -0.2) is 26.1 Å². The topological polar surface area (TPSA) is 58.6 Å². The predicted octanol–water partition coefficient (Wildman–Crippen LogP) is 1.39. The first-order valence-electron chi connectivity index (χ1n) is 4.92. The van der Waals surface area contributed by atoms with Crippen molar-refractivity contribution in [1.29, 1.82) is 0 Å². The van der Waals surface area contributed by atoms with Crippen molar-refractivity contribution in [3.8, 4) is 5.75 Å². The van der Waals surface area contributed by atoms with Crippen LogP contribution in [0.4, 0.5) is 10.5 Å². The monoisotopic (exact) mass is 222 g/mol. The van der Waals surface area contributed by atoms with Crippen molar-refractivity contribution >= 4 is 18.1 Å². The Kier molecular flexibility index (Phi) is 4.32. The van der Waals surface area contributed by atoms with E-state index in [0.29, 0.717) is 24.5 Å². The van der Waals surface area contributed by atoms with Crippen molar-refractivity contribution in [2.45, 2.75) is 6.92 Å². The molecule has 0 aliphatic carbocycles. The highest BCUT2D eigenvalue weighted by molar-refractivity contribution is 6.05. The number of carbonyl (C=O) groups excluding carboxylic acids is 2. The Balaban J connectivity index is 2.96. The van der Waals surface area contributed by atoms with Gasteiger partial charge in [0.2, 0.25) is 6.41 Å². The number of nitrogens with zero attached hydrogens (tertiary/aromatic N) is 1. The van der Waals surface area contributed by atoms with Crippen LogP contribution in [0.1, 0.15) is 6.92 Å². The third-order valence-electron chi connectivity index (χ3n) is 1.94. The van der Waals surface area contributed by atoms with Crippen LogP contribution in [0.15, 0.2) is 24.3 Å². The molecule has 0 saturated heterocycles. The van der Waals surface area contributed by atoms with Crippen LogP contribution >= 0.6 is 0 Å². The van der Waals surface area contributed by atoms with E-state index in [4.69, 9.17) is 4.74 Å². The summed E-state index contributed by atoms with van der Waals surface area (Å²) >= 11 is 0. The van der Waals surface area contributed by atoms with Crippen molar-refractivity contribution in [3.63, 3.8) is 0 Å². The number of ether oxygens (including phenoxy) is 1. The fourth-order valence-corrected chi connectivity index (χ4v) is 1.24. The van der Waals surface area contributed by atoms with Crippen molar-refractivity contribution in [1.82, 2.24) is 5.32 Å². The van der Waals surface area contributed by atoms with Gasteiger partial charge in [0.05, 0.1) is 12.3 Å². The molecule has 0 heterocycles. The highest BCUT2D eigenvalue weighted by Crippen LogP contribution is 2.20. The summed E-state index contributed by atoms with van der Waals surface area (Å²) < 4.78 is 5.28. The van der Waals surface area contributed by atoms with Crippen molar-refractivity contribution < 1.29 is 14.3 Å². The van der Waals surface area contributed by atoms with Crippen molar-refractivity contribution in [2.24, 2.45) is 0 Å². The molecule has 0 fully saturated rings. The molecule has 0 radical (unpaired) electrons. The fourth-order valence-electron chi connectivity index (χ4n) is 1.24. The lowest BCUT2D eigenvalue weighted by Gasteiger charge is -2.15. The molecule has 1 aromatic carbocycles. The minimum absolute atomic E-state index is 0.462. The third kappa shape index (κ3) is 2.73. The largest absolute Gasteiger partial charge is 0.494 e. The molecular weight excluding hydrogens is 208 g/mol. The van der Waals surface area contributed by atoms with Gasteiger partial charge in [-0.05, 0) is 19.1 Å². The number of nitrogens with one attached hydrogen (secondary N) is 1. The first-order chi connectivity index (χ1) is 7.72. The lowest BCUT2D eigenvalue weighted by Crippen LogP contribution is -2.36.